The predicted molar refractivity (Wildman–Crippen MR) is 110 cm³/mol. The maximum Gasteiger partial charge on any atom is 0.119 e. The number of phenols is 2. The molecule has 2 aromatic carbocycles. The number of rotatable bonds is 12. The van der Waals surface area contributed by atoms with Crippen molar-refractivity contribution in [1.82, 2.24) is 0 Å². The SMILES string of the molecule is CCCCCCCCC(CCCc1ccccc1O)c1ccccc1O. The highest BCUT2D eigenvalue weighted by Crippen LogP contribution is 2.34. The average Bonchev–Trinajstić information content (AvgIpc) is 2.65. The molecule has 2 aromatic rings. The third-order valence-corrected chi connectivity index (χ3v) is 5.27. The quantitative estimate of drug-likeness (QED) is 0.405. The van der Waals surface area contributed by atoms with Gasteiger partial charge in [-0.15, -0.1) is 0 Å². The second-order valence-electron chi connectivity index (χ2n) is 7.33. The highest BCUT2D eigenvalue weighted by molar-refractivity contribution is 5.35. The Hall–Kier alpha value is -1.96. The molecule has 0 heterocycles. The van der Waals surface area contributed by atoms with Gasteiger partial charge in [-0.25, -0.2) is 0 Å². The van der Waals surface area contributed by atoms with Crippen LogP contribution in [0.3, 0.4) is 0 Å². The summed E-state index contributed by atoms with van der Waals surface area (Å²) in [6.07, 6.45) is 11.9. The van der Waals surface area contributed by atoms with E-state index >= 15 is 0 Å². The summed E-state index contributed by atoms with van der Waals surface area (Å²) in [7, 11) is 0. The van der Waals surface area contributed by atoms with Crippen LogP contribution in [0.25, 0.3) is 0 Å². The van der Waals surface area contributed by atoms with Crippen molar-refractivity contribution in [2.75, 3.05) is 0 Å². The van der Waals surface area contributed by atoms with E-state index < -0.39 is 0 Å². The highest BCUT2D eigenvalue weighted by Gasteiger charge is 2.15. The van der Waals surface area contributed by atoms with Crippen molar-refractivity contribution in [1.29, 1.82) is 0 Å². The largest absolute Gasteiger partial charge is 0.508 e. The molecule has 0 aliphatic heterocycles. The van der Waals surface area contributed by atoms with Gasteiger partial charge in [-0.1, -0.05) is 81.8 Å². The number of phenolic OH excluding ortho intramolecular Hbond substituents is 2. The predicted octanol–water partition coefficient (Wildman–Crippen LogP) is 6.95. The number of hydrogen-bond donors (Lipinski definition) is 2. The van der Waals surface area contributed by atoms with Gasteiger partial charge in [0.2, 0.25) is 0 Å². The zero-order valence-electron chi connectivity index (χ0n) is 16.2. The van der Waals surface area contributed by atoms with Gasteiger partial charge in [-0.2, -0.15) is 0 Å². The first-order valence-electron chi connectivity index (χ1n) is 10.3. The Morgan fingerprint density at radius 3 is 2.04 bits per heavy atom. The highest BCUT2D eigenvalue weighted by atomic mass is 16.3. The lowest BCUT2D eigenvalue weighted by atomic mass is 9.87. The van der Waals surface area contributed by atoms with Crippen molar-refractivity contribution in [3.05, 3.63) is 59.7 Å². The van der Waals surface area contributed by atoms with Gasteiger partial charge in [0.25, 0.3) is 0 Å². The van der Waals surface area contributed by atoms with Crippen LogP contribution in [-0.2, 0) is 6.42 Å². The molecule has 0 aliphatic rings. The number of hydrogen-bond acceptors (Lipinski definition) is 2. The Balaban J connectivity index is 1.88. The first-order chi connectivity index (χ1) is 12.7. The molecule has 2 rings (SSSR count). The van der Waals surface area contributed by atoms with Gasteiger partial charge in [0.15, 0.2) is 0 Å². The van der Waals surface area contributed by atoms with Crippen molar-refractivity contribution in [2.24, 2.45) is 0 Å². The molecule has 1 unspecified atom stereocenters. The van der Waals surface area contributed by atoms with E-state index in [0.717, 1.165) is 36.8 Å². The fraction of sp³-hybridized carbons (Fsp3) is 0.500. The molecule has 0 bridgehead atoms. The summed E-state index contributed by atoms with van der Waals surface area (Å²) in [6.45, 7) is 2.25. The Kier molecular flexibility index (Phi) is 9.09. The fourth-order valence-corrected chi connectivity index (χ4v) is 3.72. The topological polar surface area (TPSA) is 40.5 Å². The number of benzene rings is 2. The zero-order chi connectivity index (χ0) is 18.6. The van der Waals surface area contributed by atoms with Gasteiger partial charge in [0.05, 0.1) is 0 Å². The van der Waals surface area contributed by atoms with Gasteiger partial charge >= 0.3 is 0 Å². The first kappa shape index (κ1) is 20.4. The molecule has 142 valence electrons. The summed E-state index contributed by atoms with van der Waals surface area (Å²) in [5, 5.41) is 20.2. The Labute approximate surface area is 158 Å². The van der Waals surface area contributed by atoms with Crippen LogP contribution in [0.15, 0.2) is 48.5 Å². The lowest BCUT2D eigenvalue weighted by molar-refractivity contribution is 0.440. The first-order valence-corrected chi connectivity index (χ1v) is 10.3. The van der Waals surface area contributed by atoms with Crippen molar-refractivity contribution < 1.29 is 10.2 Å². The fourth-order valence-electron chi connectivity index (χ4n) is 3.72. The summed E-state index contributed by atoms with van der Waals surface area (Å²) in [5.41, 5.74) is 2.10. The molecule has 26 heavy (non-hydrogen) atoms. The van der Waals surface area contributed by atoms with Crippen LogP contribution in [0.1, 0.15) is 81.8 Å². The normalized spacial score (nSPS) is 12.2. The minimum atomic E-state index is 0.391. The monoisotopic (exact) mass is 354 g/mol. The standard InChI is InChI=1S/C24H34O2/c1-2-3-4-5-6-7-13-20(22-17-9-11-19-24(22)26)15-12-16-21-14-8-10-18-23(21)25/h8-11,14,17-20,25-26H,2-7,12-13,15-16H2,1H3. The molecular weight excluding hydrogens is 320 g/mol. The van der Waals surface area contributed by atoms with Gasteiger partial charge in [-0.05, 0) is 54.9 Å². The minimum Gasteiger partial charge on any atom is -0.508 e. The lowest BCUT2D eigenvalue weighted by Crippen LogP contribution is -2.01. The van der Waals surface area contributed by atoms with Crippen LogP contribution in [0.4, 0.5) is 0 Å². The Morgan fingerprint density at radius 2 is 1.31 bits per heavy atom. The van der Waals surface area contributed by atoms with Gasteiger partial charge in [0.1, 0.15) is 11.5 Å². The average molecular weight is 355 g/mol. The molecule has 2 nitrogen and oxygen atoms in total. The van der Waals surface area contributed by atoms with E-state index in [-0.39, 0.29) is 0 Å². The smallest absolute Gasteiger partial charge is 0.119 e. The van der Waals surface area contributed by atoms with E-state index in [4.69, 9.17) is 0 Å². The molecule has 0 fully saturated rings. The minimum absolute atomic E-state index is 0.391. The van der Waals surface area contributed by atoms with E-state index in [1.54, 1.807) is 12.1 Å². The molecule has 0 saturated carbocycles. The number of unbranched alkanes of at least 4 members (excludes halogenated alkanes) is 5. The van der Waals surface area contributed by atoms with Crippen LogP contribution in [0.2, 0.25) is 0 Å². The van der Waals surface area contributed by atoms with Crippen molar-refractivity contribution in [3.63, 3.8) is 0 Å². The zero-order valence-corrected chi connectivity index (χ0v) is 16.2. The van der Waals surface area contributed by atoms with Crippen LogP contribution >= 0.6 is 0 Å². The summed E-state index contributed by atoms with van der Waals surface area (Å²) in [4.78, 5) is 0. The third kappa shape index (κ3) is 6.74. The third-order valence-electron chi connectivity index (χ3n) is 5.27. The van der Waals surface area contributed by atoms with Gasteiger partial charge in [-0.3, -0.25) is 0 Å². The van der Waals surface area contributed by atoms with E-state index in [0.29, 0.717) is 17.4 Å². The molecule has 1 atom stereocenters. The Morgan fingerprint density at radius 1 is 0.692 bits per heavy atom. The molecule has 0 amide bonds. The summed E-state index contributed by atoms with van der Waals surface area (Å²) < 4.78 is 0. The van der Waals surface area contributed by atoms with Crippen molar-refractivity contribution >= 4 is 0 Å². The van der Waals surface area contributed by atoms with Crippen LogP contribution in [-0.4, -0.2) is 10.2 Å². The van der Waals surface area contributed by atoms with Gasteiger partial charge < -0.3 is 10.2 Å². The van der Waals surface area contributed by atoms with Crippen molar-refractivity contribution in [3.8, 4) is 11.5 Å². The van der Waals surface area contributed by atoms with Crippen LogP contribution in [0.5, 0.6) is 11.5 Å². The molecule has 0 saturated heterocycles. The maximum absolute atomic E-state index is 10.3. The van der Waals surface area contributed by atoms with Crippen LogP contribution < -0.4 is 0 Å². The molecule has 0 aliphatic carbocycles. The van der Waals surface area contributed by atoms with E-state index in [2.05, 4.69) is 13.0 Å². The molecule has 2 heteroatoms. The maximum atomic E-state index is 10.3. The number of aromatic hydroxyl groups is 2. The number of aryl methyl sites for hydroxylation is 1. The van der Waals surface area contributed by atoms with E-state index in [1.807, 2.05) is 30.3 Å². The lowest BCUT2D eigenvalue weighted by Gasteiger charge is -2.19. The molecule has 2 N–H and O–H groups in total. The van der Waals surface area contributed by atoms with Gasteiger partial charge in [0, 0.05) is 0 Å². The Bertz CT molecular complexity index is 636. The summed E-state index contributed by atoms with van der Waals surface area (Å²) in [5.74, 6) is 1.21. The van der Waals surface area contributed by atoms with Crippen molar-refractivity contribution in [2.45, 2.75) is 77.0 Å². The van der Waals surface area contributed by atoms with Crippen LogP contribution in [0, 0.1) is 0 Å². The molecular formula is C24H34O2. The molecule has 0 radical (unpaired) electrons. The second-order valence-corrected chi connectivity index (χ2v) is 7.33. The number of para-hydroxylation sites is 2. The van der Waals surface area contributed by atoms with E-state index in [9.17, 15) is 10.2 Å². The summed E-state index contributed by atoms with van der Waals surface area (Å²) >= 11 is 0. The molecule has 0 aromatic heterocycles. The molecule has 0 spiro atoms. The summed E-state index contributed by atoms with van der Waals surface area (Å²) in [6, 6.07) is 15.4. The van der Waals surface area contributed by atoms with E-state index in [1.165, 1.54) is 38.5 Å². The second kappa shape index (κ2) is 11.6.